The molecule has 0 saturated carbocycles. The van der Waals surface area contributed by atoms with E-state index in [1.54, 1.807) is 7.11 Å². The Morgan fingerprint density at radius 3 is 2.84 bits per heavy atom. The van der Waals surface area contributed by atoms with Gasteiger partial charge < -0.3 is 14.8 Å². The van der Waals surface area contributed by atoms with Crippen LogP contribution in [-0.4, -0.2) is 32.3 Å². The standard InChI is InChI=1S/C15H21NO3/c1-10-11(2)14(18-3)7-6-13(10)15(17)16-9-12-5-4-8-19-12/h6-7,12H,4-5,8-9H2,1-3H3,(H,16,17). The number of amides is 1. The van der Waals surface area contributed by atoms with E-state index in [2.05, 4.69) is 5.32 Å². The maximum Gasteiger partial charge on any atom is 0.251 e. The molecule has 4 heteroatoms. The van der Waals surface area contributed by atoms with E-state index < -0.39 is 0 Å². The third kappa shape index (κ3) is 3.07. The van der Waals surface area contributed by atoms with Crippen LogP contribution in [0.1, 0.15) is 34.3 Å². The van der Waals surface area contributed by atoms with Gasteiger partial charge in [-0.3, -0.25) is 4.79 Å². The number of rotatable bonds is 4. The van der Waals surface area contributed by atoms with Gasteiger partial charge in [-0.1, -0.05) is 0 Å². The fourth-order valence-corrected chi connectivity index (χ4v) is 2.37. The molecule has 1 aliphatic rings. The average Bonchev–Trinajstić information content (AvgIpc) is 2.92. The summed E-state index contributed by atoms with van der Waals surface area (Å²) in [6, 6.07) is 3.65. The van der Waals surface area contributed by atoms with E-state index in [1.807, 2.05) is 26.0 Å². The molecule has 0 bridgehead atoms. The molecule has 1 heterocycles. The van der Waals surface area contributed by atoms with E-state index in [-0.39, 0.29) is 12.0 Å². The zero-order chi connectivity index (χ0) is 13.8. The number of ether oxygens (including phenoxy) is 2. The van der Waals surface area contributed by atoms with Gasteiger partial charge >= 0.3 is 0 Å². The van der Waals surface area contributed by atoms with Gasteiger partial charge in [0.25, 0.3) is 5.91 Å². The van der Waals surface area contributed by atoms with Crippen molar-refractivity contribution < 1.29 is 14.3 Å². The maximum atomic E-state index is 12.2. The number of hydrogen-bond acceptors (Lipinski definition) is 3. The number of hydrogen-bond donors (Lipinski definition) is 1. The molecule has 0 radical (unpaired) electrons. The molecule has 1 aromatic rings. The van der Waals surface area contributed by atoms with Crippen LogP contribution in [0.4, 0.5) is 0 Å². The molecule has 0 aliphatic carbocycles. The predicted octanol–water partition coefficient (Wildman–Crippen LogP) is 2.22. The summed E-state index contributed by atoms with van der Waals surface area (Å²) in [6.45, 7) is 5.30. The van der Waals surface area contributed by atoms with E-state index in [9.17, 15) is 4.79 Å². The lowest BCUT2D eigenvalue weighted by atomic mass is 10.0. The molecular formula is C15H21NO3. The zero-order valence-electron chi connectivity index (χ0n) is 11.8. The first-order valence-corrected chi connectivity index (χ1v) is 6.67. The van der Waals surface area contributed by atoms with Crippen LogP contribution in [0.2, 0.25) is 0 Å². The van der Waals surface area contributed by atoms with Gasteiger partial charge in [-0.2, -0.15) is 0 Å². The summed E-state index contributed by atoms with van der Waals surface area (Å²) >= 11 is 0. The quantitative estimate of drug-likeness (QED) is 0.906. The Morgan fingerprint density at radius 1 is 1.42 bits per heavy atom. The van der Waals surface area contributed by atoms with Crippen LogP contribution in [0, 0.1) is 13.8 Å². The van der Waals surface area contributed by atoms with Gasteiger partial charge in [0, 0.05) is 18.7 Å². The molecule has 1 saturated heterocycles. The highest BCUT2D eigenvalue weighted by atomic mass is 16.5. The van der Waals surface area contributed by atoms with Crippen molar-refractivity contribution in [1.82, 2.24) is 5.32 Å². The fourth-order valence-electron chi connectivity index (χ4n) is 2.37. The molecule has 19 heavy (non-hydrogen) atoms. The Labute approximate surface area is 114 Å². The van der Waals surface area contributed by atoms with Gasteiger partial charge in [0.1, 0.15) is 5.75 Å². The topological polar surface area (TPSA) is 47.6 Å². The van der Waals surface area contributed by atoms with Gasteiger partial charge in [0.2, 0.25) is 0 Å². The van der Waals surface area contributed by atoms with Gasteiger partial charge in [0.05, 0.1) is 13.2 Å². The van der Waals surface area contributed by atoms with E-state index in [4.69, 9.17) is 9.47 Å². The van der Waals surface area contributed by atoms with Crippen LogP contribution in [0.15, 0.2) is 12.1 Å². The summed E-state index contributed by atoms with van der Waals surface area (Å²) in [5, 5.41) is 2.94. The molecule has 1 fully saturated rings. The predicted molar refractivity (Wildman–Crippen MR) is 73.8 cm³/mol. The van der Waals surface area contributed by atoms with Crippen LogP contribution in [0.3, 0.4) is 0 Å². The zero-order valence-corrected chi connectivity index (χ0v) is 11.8. The van der Waals surface area contributed by atoms with E-state index in [1.165, 1.54) is 0 Å². The summed E-state index contributed by atoms with van der Waals surface area (Å²) < 4.78 is 10.7. The molecule has 1 N–H and O–H groups in total. The highest BCUT2D eigenvalue weighted by molar-refractivity contribution is 5.96. The lowest BCUT2D eigenvalue weighted by molar-refractivity contribution is 0.0857. The monoisotopic (exact) mass is 263 g/mol. The third-order valence-corrected chi connectivity index (χ3v) is 3.72. The summed E-state index contributed by atoms with van der Waals surface area (Å²) in [7, 11) is 1.64. The smallest absolute Gasteiger partial charge is 0.251 e. The maximum absolute atomic E-state index is 12.2. The molecule has 1 aliphatic heterocycles. The SMILES string of the molecule is COc1ccc(C(=O)NCC2CCCO2)c(C)c1C. The second-order valence-electron chi connectivity index (χ2n) is 4.91. The van der Waals surface area contributed by atoms with Crippen molar-refractivity contribution in [2.75, 3.05) is 20.3 Å². The molecule has 0 spiro atoms. The van der Waals surface area contributed by atoms with Gasteiger partial charge in [-0.05, 0) is 49.9 Å². The second-order valence-corrected chi connectivity index (χ2v) is 4.91. The van der Waals surface area contributed by atoms with Crippen LogP contribution < -0.4 is 10.1 Å². The summed E-state index contributed by atoms with van der Waals surface area (Å²) in [4.78, 5) is 12.2. The highest BCUT2D eigenvalue weighted by Crippen LogP contribution is 2.23. The van der Waals surface area contributed by atoms with Crippen LogP contribution >= 0.6 is 0 Å². The number of carbonyl (C=O) groups is 1. The molecule has 104 valence electrons. The lowest BCUT2D eigenvalue weighted by Crippen LogP contribution is -2.32. The Hall–Kier alpha value is -1.55. The highest BCUT2D eigenvalue weighted by Gasteiger charge is 2.18. The van der Waals surface area contributed by atoms with Crippen LogP contribution in [0.5, 0.6) is 5.75 Å². The van der Waals surface area contributed by atoms with Crippen molar-refractivity contribution in [1.29, 1.82) is 0 Å². The third-order valence-electron chi connectivity index (χ3n) is 3.72. The largest absolute Gasteiger partial charge is 0.496 e. The van der Waals surface area contributed by atoms with Crippen molar-refractivity contribution in [2.45, 2.75) is 32.8 Å². The van der Waals surface area contributed by atoms with Crippen LogP contribution in [-0.2, 0) is 4.74 Å². The molecule has 0 aromatic heterocycles. The number of carbonyl (C=O) groups excluding carboxylic acids is 1. The fraction of sp³-hybridized carbons (Fsp3) is 0.533. The number of methoxy groups -OCH3 is 1. The van der Waals surface area contributed by atoms with Gasteiger partial charge in [-0.15, -0.1) is 0 Å². The van der Waals surface area contributed by atoms with E-state index in [0.717, 1.165) is 36.3 Å². The van der Waals surface area contributed by atoms with Crippen LogP contribution in [0.25, 0.3) is 0 Å². The van der Waals surface area contributed by atoms with E-state index in [0.29, 0.717) is 12.1 Å². The van der Waals surface area contributed by atoms with Crippen molar-refractivity contribution in [3.63, 3.8) is 0 Å². The van der Waals surface area contributed by atoms with Gasteiger partial charge in [-0.25, -0.2) is 0 Å². The minimum atomic E-state index is -0.0428. The Balaban J connectivity index is 2.04. The molecule has 2 rings (SSSR count). The number of nitrogens with one attached hydrogen (secondary N) is 1. The normalized spacial score (nSPS) is 18.4. The first-order chi connectivity index (χ1) is 9.13. The Bertz CT molecular complexity index is 465. The molecule has 4 nitrogen and oxygen atoms in total. The molecule has 1 atom stereocenters. The second kappa shape index (κ2) is 6.06. The molecule has 1 amide bonds. The van der Waals surface area contributed by atoms with E-state index >= 15 is 0 Å². The first kappa shape index (κ1) is 13.9. The summed E-state index contributed by atoms with van der Waals surface area (Å²) in [5.41, 5.74) is 2.67. The molecular weight excluding hydrogens is 242 g/mol. The van der Waals surface area contributed by atoms with Gasteiger partial charge in [0.15, 0.2) is 0 Å². The molecule has 1 unspecified atom stereocenters. The first-order valence-electron chi connectivity index (χ1n) is 6.67. The minimum absolute atomic E-state index is 0.0428. The van der Waals surface area contributed by atoms with Crippen molar-refractivity contribution in [2.24, 2.45) is 0 Å². The summed E-state index contributed by atoms with van der Waals surface area (Å²) in [6.07, 6.45) is 2.28. The van der Waals surface area contributed by atoms with Crippen molar-refractivity contribution >= 4 is 5.91 Å². The van der Waals surface area contributed by atoms with Crippen molar-refractivity contribution in [3.8, 4) is 5.75 Å². The molecule has 1 aromatic carbocycles. The Kier molecular flexibility index (Phi) is 4.43. The number of benzene rings is 1. The Morgan fingerprint density at radius 2 is 2.21 bits per heavy atom. The average molecular weight is 263 g/mol. The minimum Gasteiger partial charge on any atom is -0.496 e. The van der Waals surface area contributed by atoms with Crippen molar-refractivity contribution in [3.05, 3.63) is 28.8 Å². The lowest BCUT2D eigenvalue weighted by Gasteiger charge is -2.14. The summed E-state index contributed by atoms with van der Waals surface area (Å²) in [5.74, 6) is 0.770.